The van der Waals surface area contributed by atoms with Gasteiger partial charge in [0, 0.05) is 0 Å². The molecule has 1 aliphatic heterocycles. The van der Waals surface area contributed by atoms with Crippen LogP contribution in [0.1, 0.15) is 5.56 Å². The van der Waals surface area contributed by atoms with Gasteiger partial charge in [-0.05, 0) is 42.0 Å². The van der Waals surface area contributed by atoms with E-state index in [9.17, 15) is 4.79 Å². The van der Waals surface area contributed by atoms with Crippen molar-refractivity contribution in [1.82, 2.24) is 0 Å². The number of thioether (sulfide) groups is 1. The SMILES string of the molecule is COc1ccc(/C=N\N=C2/SCC(=O)N2c2ccccc2)cc1. The van der Waals surface area contributed by atoms with Crippen molar-refractivity contribution in [1.29, 1.82) is 0 Å². The standard InChI is InChI=1S/C17H15N3O2S/c1-22-15-9-7-13(8-10-15)11-18-19-17-20(16(21)12-23-17)14-5-3-2-4-6-14/h2-11H,12H2,1H3/b18-11-,19-17-. The molecule has 0 radical (unpaired) electrons. The maximum atomic E-state index is 12.0. The number of nitrogens with zero attached hydrogens (tertiary/aromatic N) is 3. The Morgan fingerprint density at radius 1 is 1.13 bits per heavy atom. The lowest BCUT2D eigenvalue weighted by molar-refractivity contribution is -0.115. The van der Waals surface area contributed by atoms with Gasteiger partial charge in [0.2, 0.25) is 5.91 Å². The van der Waals surface area contributed by atoms with Crippen molar-refractivity contribution in [3.8, 4) is 5.75 Å². The molecule has 2 aromatic carbocycles. The van der Waals surface area contributed by atoms with Gasteiger partial charge < -0.3 is 4.74 Å². The highest BCUT2D eigenvalue weighted by Crippen LogP contribution is 2.26. The molecule has 2 aromatic rings. The maximum Gasteiger partial charge on any atom is 0.243 e. The number of benzene rings is 2. The summed E-state index contributed by atoms with van der Waals surface area (Å²) >= 11 is 1.39. The number of methoxy groups -OCH3 is 1. The molecule has 3 rings (SSSR count). The molecule has 0 bridgehead atoms. The number of hydrogen-bond donors (Lipinski definition) is 0. The Balaban J connectivity index is 1.77. The van der Waals surface area contributed by atoms with Crippen LogP contribution in [0.4, 0.5) is 5.69 Å². The van der Waals surface area contributed by atoms with E-state index in [1.807, 2.05) is 54.6 Å². The van der Waals surface area contributed by atoms with Crippen LogP contribution in [-0.4, -0.2) is 30.2 Å². The zero-order chi connectivity index (χ0) is 16.1. The molecule has 0 N–H and O–H groups in total. The number of para-hydroxylation sites is 1. The zero-order valence-electron chi connectivity index (χ0n) is 12.5. The summed E-state index contributed by atoms with van der Waals surface area (Å²) in [5, 5.41) is 8.88. The number of amidine groups is 1. The Kier molecular flexibility index (Phi) is 4.73. The van der Waals surface area contributed by atoms with Crippen molar-refractivity contribution in [2.45, 2.75) is 0 Å². The molecule has 0 atom stereocenters. The molecule has 0 spiro atoms. The molecule has 0 aliphatic carbocycles. The highest BCUT2D eigenvalue weighted by atomic mass is 32.2. The smallest absolute Gasteiger partial charge is 0.243 e. The van der Waals surface area contributed by atoms with Crippen LogP contribution in [0.25, 0.3) is 0 Å². The van der Waals surface area contributed by atoms with E-state index in [4.69, 9.17) is 4.74 Å². The summed E-state index contributed by atoms with van der Waals surface area (Å²) in [7, 11) is 1.63. The fraction of sp³-hybridized carbons (Fsp3) is 0.118. The highest BCUT2D eigenvalue weighted by Gasteiger charge is 2.29. The van der Waals surface area contributed by atoms with E-state index >= 15 is 0 Å². The number of amides is 1. The van der Waals surface area contributed by atoms with Gasteiger partial charge in [0.25, 0.3) is 0 Å². The van der Waals surface area contributed by atoms with Crippen LogP contribution >= 0.6 is 11.8 Å². The van der Waals surface area contributed by atoms with E-state index in [1.54, 1.807) is 18.2 Å². The molecular formula is C17H15N3O2S. The van der Waals surface area contributed by atoms with Gasteiger partial charge in [-0.25, -0.2) is 0 Å². The molecule has 0 saturated carbocycles. The van der Waals surface area contributed by atoms with Crippen LogP contribution in [0.3, 0.4) is 0 Å². The predicted molar refractivity (Wildman–Crippen MR) is 94.4 cm³/mol. The lowest BCUT2D eigenvalue weighted by Gasteiger charge is -2.14. The van der Waals surface area contributed by atoms with Gasteiger partial charge in [-0.2, -0.15) is 5.10 Å². The summed E-state index contributed by atoms with van der Waals surface area (Å²) in [6, 6.07) is 17.0. The topological polar surface area (TPSA) is 54.3 Å². The first-order valence-electron chi connectivity index (χ1n) is 7.04. The molecule has 0 aromatic heterocycles. The number of anilines is 1. The van der Waals surface area contributed by atoms with Crippen LogP contribution in [0.5, 0.6) is 5.75 Å². The van der Waals surface area contributed by atoms with E-state index in [0.717, 1.165) is 17.0 Å². The van der Waals surface area contributed by atoms with Crippen LogP contribution in [0.2, 0.25) is 0 Å². The Morgan fingerprint density at radius 2 is 1.87 bits per heavy atom. The van der Waals surface area contributed by atoms with Crippen LogP contribution in [0.15, 0.2) is 64.8 Å². The van der Waals surface area contributed by atoms with Crippen molar-refractivity contribution in [2.75, 3.05) is 17.8 Å². The fourth-order valence-corrected chi connectivity index (χ4v) is 2.92. The average Bonchev–Trinajstić information content (AvgIpc) is 2.97. The second kappa shape index (κ2) is 7.11. The maximum absolute atomic E-state index is 12.0. The average molecular weight is 325 g/mol. The van der Waals surface area contributed by atoms with Gasteiger partial charge in [0.05, 0.1) is 24.8 Å². The third-order valence-corrected chi connectivity index (χ3v) is 4.16. The van der Waals surface area contributed by atoms with Crippen LogP contribution in [0, 0.1) is 0 Å². The van der Waals surface area contributed by atoms with Crippen LogP contribution in [-0.2, 0) is 4.79 Å². The van der Waals surface area contributed by atoms with E-state index in [2.05, 4.69) is 10.2 Å². The molecule has 23 heavy (non-hydrogen) atoms. The third-order valence-electron chi connectivity index (χ3n) is 3.25. The first kappa shape index (κ1) is 15.3. The molecule has 5 nitrogen and oxygen atoms in total. The Morgan fingerprint density at radius 3 is 2.57 bits per heavy atom. The molecule has 1 heterocycles. The summed E-state index contributed by atoms with van der Waals surface area (Å²) in [5.41, 5.74) is 1.72. The second-order valence-corrected chi connectivity index (χ2v) is 5.70. The molecule has 116 valence electrons. The van der Waals surface area contributed by atoms with Gasteiger partial charge in [-0.3, -0.25) is 9.69 Å². The van der Waals surface area contributed by atoms with E-state index < -0.39 is 0 Å². The number of carbonyl (C=O) groups is 1. The first-order chi connectivity index (χ1) is 11.3. The number of ether oxygens (including phenoxy) is 1. The number of hydrogen-bond acceptors (Lipinski definition) is 5. The van der Waals surface area contributed by atoms with Crippen molar-refractivity contribution >= 4 is 34.7 Å². The van der Waals surface area contributed by atoms with Gasteiger partial charge in [0.1, 0.15) is 5.75 Å². The first-order valence-corrected chi connectivity index (χ1v) is 8.02. The lowest BCUT2D eigenvalue weighted by atomic mass is 10.2. The molecule has 0 unspecified atom stereocenters. The monoisotopic (exact) mass is 325 g/mol. The van der Waals surface area contributed by atoms with Gasteiger partial charge >= 0.3 is 0 Å². The van der Waals surface area contributed by atoms with E-state index in [1.165, 1.54) is 11.8 Å². The van der Waals surface area contributed by atoms with Crippen molar-refractivity contribution in [3.63, 3.8) is 0 Å². The van der Waals surface area contributed by atoms with Crippen molar-refractivity contribution in [2.24, 2.45) is 10.2 Å². The molecule has 1 aliphatic rings. The molecule has 1 saturated heterocycles. The largest absolute Gasteiger partial charge is 0.497 e. The molecule has 1 amide bonds. The van der Waals surface area contributed by atoms with Crippen molar-refractivity contribution in [3.05, 3.63) is 60.2 Å². The Bertz CT molecular complexity index is 742. The van der Waals surface area contributed by atoms with E-state index in [0.29, 0.717) is 10.9 Å². The summed E-state index contributed by atoms with van der Waals surface area (Å²) in [4.78, 5) is 13.6. The van der Waals surface area contributed by atoms with Crippen molar-refractivity contribution < 1.29 is 9.53 Å². The number of carbonyl (C=O) groups excluding carboxylic acids is 1. The molecule has 1 fully saturated rings. The van der Waals surface area contributed by atoms with Gasteiger partial charge in [0.15, 0.2) is 5.17 Å². The minimum absolute atomic E-state index is 0.0135. The van der Waals surface area contributed by atoms with E-state index in [-0.39, 0.29) is 5.91 Å². The third kappa shape index (κ3) is 3.60. The normalized spacial score (nSPS) is 16.5. The zero-order valence-corrected chi connectivity index (χ0v) is 13.4. The minimum Gasteiger partial charge on any atom is -0.497 e. The fourth-order valence-electron chi connectivity index (χ4n) is 2.10. The summed E-state index contributed by atoms with van der Waals surface area (Å²) in [5.74, 6) is 1.19. The Labute approximate surface area is 138 Å². The number of rotatable bonds is 4. The quantitative estimate of drug-likeness (QED) is 0.641. The Hall–Kier alpha value is -2.60. The summed E-state index contributed by atoms with van der Waals surface area (Å²) in [6.45, 7) is 0. The minimum atomic E-state index is 0.0135. The van der Waals surface area contributed by atoms with Gasteiger partial charge in [-0.15, -0.1) is 5.10 Å². The summed E-state index contributed by atoms with van der Waals surface area (Å²) in [6.07, 6.45) is 1.65. The molecular weight excluding hydrogens is 310 g/mol. The highest BCUT2D eigenvalue weighted by molar-refractivity contribution is 8.15. The van der Waals surface area contributed by atoms with Gasteiger partial charge in [-0.1, -0.05) is 30.0 Å². The molecule has 6 heteroatoms. The lowest BCUT2D eigenvalue weighted by Crippen LogP contribution is -2.28. The van der Waals surface area contributed by atoms with Crippen LogP contribution < -0.4 is 9.64 Å². The predicted octanol–water partition coefficient (Wildman–Crippen LogP) is 3.17. The second-order valence-electron chi connectivity index (χ2n) is 4.75. The summed E-state index contributed by atoms with van der Waals surface area (Å²) < 4.78 is 5.11.